The average molecular weight is 556 g/mol. The summed E-state index contributed by atoms with van der Waals surface area (Å²) in [5, 5.41) is 6.93. The Labute approximate surface area is 209 Å². The van der Waals surface area contributed by atoms with Gasteiger partial charge in [-0.15, -0.1) is 24.0 Å². The summed E-state index contributed by atoms with van der Waals surface area (Å²) < 4.78 is 11.0. The first-order valence-electron chi connectivity index (χ1n) is 11.2. The summed E-state index contributed by atoms with van der Waals surface area (Å²) in [7, 11) is 5.89. The van der Waals surface area contributed by atoms with E-state index < -0.39 is 0 Å². The fraction of sp³-hybridized carbons (Fsp3) is 0.542. The van der Waals surface area contributed by atoms with Crippen LogP contribution in [-0.4, -0.2) is 69.7 Å². The summed E-state index contributed by atoms with van der Waals surface area (Å²) in [6, 6.07) is 12.7. The topological polar surface area (TPSA) is 65.3 Å². The van der Waals surface area contributed by atoms with Gasteiger partial charge in [0.1, 0.15) is 11.5 Å². The smallest absolute Gasteiger partial charge is 0.191 e. The van der Waals surface area contributed by atoms with Crippen LogP contribution in [0.3, 0.4) is 0 Å². The quantitative estimate of drug-likeness (QED) is 0.264. The maximum Gasteiger partial charge on any atom is 0.191 e. The fourth-order valence-corrected chi connectivity index (χ4v) is 4.06. The Balaban J connectivity index is 0.00000363. The molecule has 0 radical (unpaired) electrons. The molecule has 1 aromatic carbocycles. The van der Waals surface area contributed by atoms with Crippen molar-refractivity contribution in [2.45, 2.75) is 31.8 Å². The molecule has 2 unspecified atom stereocenters. The standard InChI is InChI=1S/C24H37N5O2.HI/c1-5-25-24(26-17-21(28(2)3)19-10-12-20(30-4)13-11-19)27-18-22(23-9-8-16-31-23)29-14-6-7-15-29;/h8-13,16,21-22H,5-7,14-15,17-18H2,1-4H3,(H2,25,26,27);1H. The van der Waals surface area contributed by atoms with E-state index in [9.17, 15) is 0 Å². The van der Waals surface area contributed by atoms with E-state index in [1.54, 1.807) is 13.4 Å². The highest BCUT2D eigenvalue weighted by Gasteiger charge is 2.25. The molecular formula is C24H38IN5O2. The number of likely N-dealkylation sites (N-methyl/N-ethyl adjacent to an activating group) is 1. The zero-order valence-corrected chi connectivity index (χ0v) is 22.0. The number of hydrogen-bond acceptors (Lipinski definition) is 5. The monoisotopic (exact) mass is 555 g/mol. The van der Waals surface area contributed by atoms with E-state index in [4.69, 9.17) is 14.1 Å². The van der Waals surface area contributed by atoms with Gasteiger partial charge in [0.05, 0.1) is 32.0 Å². The maximum atomic E-state index is 5.74. The lowest BCUT2D eigenvalue weighted by atomic mass is 10.1. The summed E-state index contributed by atoms with van der Waals surface area (Å²) in [6.07, 6.45) is 4.24. The van der Waals surface area contributed by atoms with E-state index in [0.29, 0.717) is 6.54 Å². The Kier molecular flexibility index (Phi) is 11.3. The molecule has 178 valence electrons. The van der Waals surface area contributed by atoms with Gasteiger partial charge in [-0.25, -0.2) is 0 Å². The predicted molar refractivity (Wildman–Crippen MR) is 141 cm³/mol. The average Bonchev–Trinajstić information content (AvgIpc) is 3.49. The molecule has 0 spiro atoms. The minimum atomic E-state index is 0. The SMILES string of the molecule is CCNC(=NCC(c1ccco1)N1CCCC1)NCC(c1ccc(OC)cc1)N(C)C.I. The summed E-state index contributed by atoms with van der Waals surface area (Å²) in [5.41, 5.74) is 1.24. The molecule has 0 aliphatic carbocycles. The van der Waals surface area contributed by atoms with Gasteiger partial charge in [0.2, 0.25) is 0 Å². The van der Waals surface area contributed by atoms with Gasteiger partial charge in [-0.05, 0) is 76.8 Å². The molecule has 7 nitrogen and oxygen atoms in total. The van der Waals surface area contributed by atoms with Gasteiger partial charge in [-0.1, -0.05) is 12.1 Å². The van der Waals surface area contributed by atoms with Gasteiger partial charge >= 0.3 is 0 Å². The Morgan fingerprint density at radius 3 is 2.44 bits per heavy atom. The van der Waals surface area contributed by atoms with Gasteiger partial charge in [-0.3, -0.25) is 9.89 Å². The third-order valence-corrected chi connectivity index (χ3v) is 5.81. The van der Waals surface area contributed by atoms with Crippen LogP contribution in [0, 0.1) is 0 Å². The van der Waals surface area contributed by atoms with Crippen molar-refractivity contribution in [2.75, 3.05) is 53.9 Å². The van der Waals surface area contributed by atoms with Crippen LogP contribution in [0.1, 0.15) is 43.2 Å². The van der Waals surface area contributed by atoms with Crippen molar-refractivity contribution < 1.29 is 9.15 Å². The Hall–Kier alpha value is -1.78. The number of ether oxygens (including phenoxy) is 1. The Morgan fingerprint density at radius 1 is 1.16 bits per heavy atom. The van der Waals surface area contributed by atoms with Gasteiger partial charge < -0.3 is 24.7 Å². The van der Waals surface area contributed by atoms with E-state index in [0.717, 1.165) is 43.6 Å². The normalized spacial score (nSPS) is 16.5. The van der Waals surface area contributed by atoms with Crippen molar-refractivity contribution in [3.63, 3.8) is 0 Å². The molecule has 2 N–H and O–H groups in total. The number of halogens is 1. The molecule has 1 saturated heterocycles. The molecule has 1 fully saturated rings. The predicted octanol–water partition coefficient (Wildman–Crippen LogP) is 3.90. The van der Waals surface area contributed by atoms with Crippen LogP contribution in [0.15, 0.2) is 52.1 Å². The number of methoxy groups -OCH3 is 1. The molecule has 1 aliphatic heterocycles. The van der Waals surface area contributed by atoms with Crippen molar-refractivity contribution in [3.8, 4) is 5.75 Å². The number of hydrogen-bond donors (Lipinski definition) is 2. The molecule has 2 aromatic rings. The Bertz CT molecular complexity index is 789. The molecule has 8 heteroatoms. The van der Waals surface area contributed by atoms with Crippen LogP contribution < -0.4 is 15.4 Å². The van der Waals surface area contributed by atoms with Crippen molar-refractivity contribution in [2.24, 2.45) is 4.99 Å². The second-order valence-electron chi connectivity index (χ2n) is 8.13. The molecule has 2 heterocycles. The maximum absolute atomic E-state index is 5.74. The number of furan rings is 1. The van der Waals surface area contributed by atoms with Crippen molar-refractivity contribution in [3.05, 3.63) is 54.0 Å². The Morgan fingerprint density at radius 2 is 1.88 bits per heavy atom. The summed E-state index contributed by atoms with van der Waals surface area (Å²) in [4.78, 5) is 9.62. The summed E-state index contributed by atoms with van der Waals surface area (Å²) >= 11 is 0. The van der Waals surface area contributed by atoms with E-state index in [-0.39, 0.29) is 36.1 Å². The molecule has 1 aliphatic rings. The highest BCUT2D eigenvalue weighted by Crippen LogP contribution is 2.26. The number of guanidine groups is 1. The third kappa shape index (κ3) is 7.38. The van der Waals surface area contributed by atoms with Crippen molar-refractivity contribution in [1.29, 1.82) is 0 Å². The first kappa shape index (κ1) is 26.5. The number of aliphatic imine (C=N–C) groups is 1. The molecule has 2 atom stereocenters. The fourth-order valence-electron chi connectivity index (χ4n) is 4.06. The van der Waals surface area contributed by atoms with Crippen LogP contribution >= 0.6 is 24.0 Å². The third-order valence-electron chi connectivity index (χ3n) is 5.81. The molecule has 0 amide bonds. The van der Waals surface area contributed by atoms with Crippen molar-refractivity contribution >= 4 is 29.9 Å². The molecule has 0 saturated carbocycles. The van der Waals surface area contributed by atoms with Gasteiger partial charge in [-0.2, -0.15) is 0 Å². The molecule has 3 rings (SSSR count). The number of rotatable bonds is 10. The highest BCUT2D eigenvalue weighted by atomic mass is 127. The van der Waals surface area contributed by atoms with E-state index in [2.05, 4.69) is 59.7 Å². The molecular weight excluding hydrogens is 517 g/mol. The number of nitrogens with zero attached hydrogens (tertiary/aromatic N) is 3. The molecule has 1 aromatic heterocycles. The lowest BCUT2D eigenvalue weighted by Gasteiger charge is -2.27. The summed E-state index contributed by atoms with van der Waals surface area (Å²) in [6.45, 7) is 6.53. The lowest BCUT2D eigenvalue weighted by Crippen LogP contribution is -2.42. The second kappa shape index (κ2) is 13.7. The number of likely N-dealkylation sites (tertiary alicyclic amines) is 1. The van der Waals surface area contributed by atoms with Crippen LogP contribution in [0.4, 0.5) is 0 Å². The second-order valence-corrected chi connectivity index (χ2v) is 8.13. The van der Waals surface area contributed by atoms with E-state index in [1.165, 1.54) is 18.4 Å². The highest BCUT2D eigenvalue weighted by molar-refractivity contribution is 14.0. The van der Waals surface area contributed by atoms with Crippen molar-refractivity contribution in [1.82, 2.24) is 20.4 Å². The van der Waals surface area contributed by atoms with Gasteiger partial charge in [0, 0.05) is 13.1 Å². The largest absolute Gasteiger partial charge is 0.497 e. The minimum Gasteiger partial charge on any atom is -0.497 e. The zero-order valence-electron chi connectivity index (χ0n) is 19.7. The summed E-state index contributed by atoms with van der Waals surface area (Å²) in [5.74, 6) is 2.69. The first-order valence-corrected chi connectivity index (χ1v) is 11.2. The first-order chi connectivity index (χ1) is 15.1. The molecule has 32 heavy (non-hydrogen) atoms. The van der Waals surface area contributed by atoms with E-state index >= 15 is 0 Å². The minimum absolute atomic E-state index is 0. The lowest BCUT2D eigenvalue weighted by molar-refractivity contribution is 0.221. The van der Waals surface area contributed by atoms with Gasteiger partial charge in [0.15, 0.2) is 5.96 Å². The van der Waals surface area contributed by atoms with E-state index in [1.807, 2.05) is 18.2 Å². The van der Waals surface area contributed by atoms with Crippen LogP contribution in [0.2, 0.25) is 0 Å². The van der Waals surface area contributed by atoms with Crippen LogP contribution in [0.5, 0.6) is 5.75 Å². The van der Waals surface area contributed by atoms with Crippen LogP contribution in [-0.2, 0) is 0 Å². The van der Waals surface area contributed by atoms with Gasteiger partial charge in [0.25, 0.3) is 0 Å². The molecule has 0 bridgehead atoms. The number of benzene rings is 1. The zero-order chi connectivity index (χ0) is 22.1. The van der Waals surface area contributed by atoms with Crippen LogP contribution in [0.25, 0.3) is 0 Å². The number of nitrogens with one attached hydrogen (secondary N) is 2.